The largest absolute Gasteiger partial charge is 0.494 e. The fraction of sp³-hybridized carbons (Fsp3) is 0.667. The van der Waals surface area contributed by atoms with Crippen molar-refractivity contribution < 1.29 is 9.13 Å². The fourth-order valence-corrected chi connectivity index (χ4v) is 3.79. The first-order chi connectivity index (χ1) is 10.2. The van der Waals surface area contributed by atoms with Gasteiger partial charge in [0.15, 0.2) is 11.6 Å². The van der Waals surface area contributed by atoms with Crippen molar-refractivity contribution in [1.29, 1.82) is 0 Å². The molecule has 3 unspecified atom stereocenters. The maximum Gasteiger partial charge on any atom is 0.168 e. The highest BCUT2D eigenvalue weighted by molar-refractivity contribution is 5.31. The van der Waals surface area contributed by atoms with Gasteiger partial charge in [-0.25, -0.2) is 4.39 Å². The van der Waals surface area contributed by atoms with Crippen LogP contribution in [0.25, 0.3) is 0 Å². The van der Waals surface area contributed by atoms with Gasteiger partial charge in [0.25, 0.3) is 0 Å². The Bertz CT molecular complexity index is 449. The molecule has 1 aromatic carbocycles. The highest BCUT2D eigenvalue weighted by atomic mass is 19.1. The van der Waals surface area contributed by atoms with Crippen LogP contribution in [-0.4, -0.2) is 20.2 Å². The number of halogens is 1. The minimum atomic E-state index is -0.188. The first-order valence-electron chi connectivity index (χ1n) is 8.18. The number of methoxy groups -OCH3 is 1. The van der Waals surface area contributed by atoms with E-state index in [0.717, 1.165) is 17.9 Å². The zero-order chi connectivity index (χ0) is 15.2. The number of hydrogen-bond acceptors (Lipinski definition) is 2. The summed E-state index contributed by atoms with van der Waals surface area (Å²) in [5, 5.41) is 3.43. The average molecular weight is 293 g/mol. The van der Waals surface area contributed by atoms with Crippen LogP contribution in [0.1, 0.15) is 44.6 Å². The lowest BCUT2D eigenvalue weighted by Crippen LogP contribution is -2.39. The summed E-state index contributed by atoms with van der Waals surface area (Å²) >= 11 is 0. The predicted octanol–water partition coefficient (Wildman–Crippen LogP) is 4.18. The van der Waals surface area contributed by atoms with Gasteiger partial charge in [0.1, 0.15) is 0 Å². The monoisotopic (exact) mass is 293 g/mol. The summed E-state index contributed by atoms with van der Waals surface area (Å²) in [5.74, 6) is 1.49. The highest BCUT2D eigenvalue weighted by Crippen LogP contribution is 2.35. The van der Waals surface area contributed by atoms with E-state index in [2.05, 4.69) is 12.2 Å². The number of hydrogen-bond donors (Lipinski definition) is 1. The van der Waals surface area contributed by atoms with Crippen LogP contribution < -0.4 is 10.1 Å². The molecule has 2 nitrogen and oxygen atoms in total. The van der Waals surface area contributed by atoms with Gasteiger partial charge < -0.3 is 10.1 Å². The zero-order valence-electron chi connectivity index (χ0n) is 13.5. The van der Waals surface area contributed by atoms with Crippen LogP contribution in [0.2, 0.25) is 0 Å². The Morgan fingerprint density at radius 1 is 1.33 bits per heavy atom. The number of rotatable bonds is 6. The number of nitrogens with one attached hydrogen (secondary N) is 1. The molecule has 0 spiro atoms. The van der Waals surface area contributed by atoms with Crippen LogP contribution in [0.4, 0.5) is 4.39 Å². The first-order valence-corrected chi connectivity index (χ1v) is 8.18. The van der Waals surface area contributed by atoms with E-state index in [9.17, 15) is 4.39 Å². The van der Waals surface area contributed by atoms with Crippen LogP contribution in [-0.2, 0) is 6.42 Å². The van der Waals surface area contributed by atoms with E-state index >= 15 is 0 Å². The molecule has 3 atom stereocenters. The summed E-state index contributed by atoms with van der Waals surface area (Å²) in [5.41, 5.74) is 0.789. The third-order valence-electron chi connectivity index (χ3n) is 4.90. The van der Waals surface area contributed by atoms with Gasteiger partial charge in [-0.1, -0.05) is 31.9 Å². The van der Waals surface area contributed by atoms with Crippen molar-refractivity contribution in [3.8, 4) is 5.75 Å². The molecule has 0 aromatic heterocycles. The third kappa shape index (κ3) is 3.97. The van der Waals surface area contributed by atoms with E-state index in [1.54, 1.807) is 6.07 Å². The maximum atomic E-state index is 14.4. The van der Waals surface area contributed by atoms with E-state index < -0.39 is 0 Å². The van der Waals surface area contributed by atoms with E-state index in [1.165, 1.54) is 39.2 Å². The number of benzene rings is 1. The Hall–Kier alpha value is -1.09. The quantitative estimate of drug-likeness (QED) is 0.849. The average Bonchev–Trinajstić information content (AvgIpc) is 2.50. The third-order valence-corrected chi connectivity index (χ3v) is 4.90. The Morgan fingerprint density at radius 3 is 2.81 bits per heavy atom. The molecule has 118 valence electrons. The van der Waals surface area contributed by atoms with Gasteiger partial charge in [0, 0.05) is 6.04 Å². The van der Waals surface area contributed by atoms with Crippen molar-refractivity contribution in [2.24, 2.45) is 11.8 Å². The number of ether oxygens (including phenoxy) is 1. The Morgan fingerprint density at radius 2 is 2.14 bits per heavy atom. The second-order valence-corrected chi connectivity index (χ2v) is 6.26. The van der Waals surface area contributed by atoms with Crippen molar-refractivity contribution in [3.05, 3.63) is 29.6 Å². The molecular weight excluding hydrogens is 265 g/mol. The topological polar surface area (TPSA) is 21.3 Å². The molecule has 1 fully saturated rings. The van der Waals surface area contributed by atoms with Crippen LogP contribution in [0.15, 0.2) is 18.2 Å². The van der Waals surface area contributed by atoms with E-state index in [0.29, 0.717) is 17.7 Å². The van der Waals surface area contributed by atoms with Gasteiger partial charge in [-0.05, 0) is 56.2 Å². The summed E-state index contributed by atoms with van der Waals surface area (Å²) in [4.78, 5) is 0. The molecule has 1 aromatic rings. The van der Waals surface area contributed by atoms with Crippen LogP contribution in [0.3, 0.4) is 0 Å². The molecule has 0 radical (unpaired) electrons. The standard InChI is InChI=1S/C18H28FNO/c1-4-6-13-9-10-16(20-2)15(11-13)12-14-7-5-8-17(21-3)18(14)19/h5,7-8,13,15-16,20H,4,6,9-12H2,1-3H3. The van der Waals surface area contributed by atoms with Crippen molar-refractivity contribution in [1.82, 2.24) is 5.32 Å². The first kappa shape index (κ1) is 16.3. The molecule has 1 aliphatic rings. The molecule has 1 aliphatic carbocycles. The van der Waals surface area contributed by atoms with Gasteiger partial charge in [-0.3, -0.25) is 0 Å². The molecule has 0 amide bonds. The van der Waals surface area contributed by atoms with Crippen molar-refractivity contribution in [2.75, 3.05) is 14.2 Å². The summed E-state index contributed by atoms with van der Waals surface area (Å²) in [7, 11) is 3.55. The molecule has 2 rings (SSSR count). The minimum absolute atomic E-state index is 0.188. The van der Waals surface area contributed by atoms with E-state index in [4.69, 9.17) is 4.74 Å². The zero-order valence-corrected chi connectivity index (χ0v) is 13.5. The summed E-state index contributed by atoms with van der Waals surface area (Å²) in [6.45, 7) is 2.25. The molecule has 0 bridgehead atoms. The lowest BCUT2D eigenvalue weighted by molar-refractivity contribution is 0.199. The smallest absolute Gasteiger partial charge is 0.168 e. The second kappa shape index (κ2) is 7.79. The Balaban J connectivity index is 2.11. The Kier molecular flexibility index (Phi) is 6.04. The highest BCUT2D eigenvalue weighted by Gasteiger charge is 2.30. The molecule has 0 heterocycles. The van der Waals surface area contributed by atoms with Gasteiger partial charge in [-0.15, -0.1) is 0 Å². The fourth-order valence-electron chi connectivity index (χ4n) is 3.79. The molecule has 1 N–H and O–H groups in total. The van der Waals surface area contributed by atoms with Gasteiger partial charge in [0.2, 0.25) is 0 Å². The Labute approximate surface area is 128 Å². The molecule has 21 heavy (non-hydrogen) atoms. The summed E-state index contributed by atoms with van der Waals surface area (Å²) < 4.78 is 19.5. The molecule has 3 heteroatoms. The second-order valence-electron chi connectivity index (χ2n) is 6.26. The molecule has 0 saturated heterocycles. The van der Waals surface area contributed by atoms with Crippen LogP contribution >= 0.6 is 0 Å². The normalized spacial score (nSPS) is 25.8. The molecule has 1 saturated carbocycles. The van der Waals surface area contributed by atoms with E-state index in [1.807, 2.05) is 19.2 Å². The molecular formula is C18H28FNO. The maximum absolute atomic E-state index is 14.4. The summed E-state index contributed by atoms with van der Waals surface area (Å²) in [6, 6.07) is 5.98. The summed E-state index contributed by atoms with van der Waals surface area (Å²) in [6.07, 6.45) is 7.06. The van der Waals surface area contributed by atoms with Gasteiger partial charge >= 0.3 is 0 Å². The van der Waals surface area contributed by atoms with Crippen LogP contribution in [0, 0.1) is 17.7 Å². The van der Waals surface area contributed by atoms with Crippen molar-refractivity contribution in [2.45, 2.75) is 51.5 Å². The molecule has 0 aliphatic heterocycles. The van der Waals surface area contributed by atoms with Crippen molar-refractivity contribution in [3.63, 3.8) is 0 Å². The van der Waals surface area contributed by atoms with E-state index in [-0.39, 0.29) is 5.82 Å². The lowest BCUT2D eigenvalue weighted by Gasteiger charge is -2.36. The van der Waals surface area contributed by atoms with Crippen molar-refractivity contribution >= 4 is 0 Å². The van der Waals surface area contributed by atoms with Gasteiger partial charge in [-0.2, -0.15) is 0 Å². The van der Waals surface area contributed by atoms with Gasteiger partial charge in [0.05, 0.1) is 7.11 Å². The lowest BCUT2D eigenvalue weighted by atomic mass is 9.74. The SMILES string of the molecule is CCCC1CCC(NC)C(Cc2cccc(OC)c2F)C1. The van der Waals surface area contributed by atoms with Crippen LogP contribution in [0.5, 0.6) is 5.75 Å². The minimum Gasteiger partial charge on any atom is -0.494 e. The predicted molar refractivity (Wildman–Crippen MR) is 85.2 cm³/mol.